The van der Waals surface area contributed by atoms with Gasteiger partial charge >= 0.3 is 0 Å². The first-order valence-corrected chi connectivity index (χ1v) is 8.61. The molecule has 0 radical (unpaired) electrons. The zero-order valence-electron chi connectivity index (χ0n) is 14.3. The molecule has 0 bridgehead atoms. The molecule has 0 aliphatic carbocycles. The summed E-state index contributed by atoms with van der Waals surface area (Å²) in [4.78, 5) is 12.0. The number of carboxylic acids is 1. The van der Waals surface area contributed by atoms with Gasteiger partial charge in [0.05, 0.1) is 19.1 Å². The predicted octanol–water partition coefficient (Wildman–Crippen LogP) is 1.31. The number of hydrogen-bond donors (Lipinski definition) is 1. The smallest absolute Gasteiger partial charge is 0.137 e. The van der Waals surface area contributed by atoms with E-state index in [0.29, 0.717) is 6.61 Å². The minimum Gasteiger partial charge on any atom is -0.545 e. The summed E-state index contributed by atoms with van der Waals surface area (Å²) < 4.78 is 5.80. The van der Waals surface area contributed by atoms with Crippen molar-refractivity contribution >= 4 is 12.0 Å². The minimum absolute atomic E-state index is 0.705. The van der Waals surface area contributed by atoms with E-state index in [2.05, 4.69) is 13.8 Å². The number of hydrogen-bond acceptors (Lipinski definition) is 3. The largest absolute Gasteiger partial charge is 0.545 e. The molecule has 1 rings (SSSR count). The maximum atomic E-state index is 10.4. The number of unbranched alkanes of at least 4 members (excludes halogenated alkanes) is 2. The second kappa shape index (κ2) is 11.7. The second-order valence-corrected chi connectivity index (χ2v) is 5.78. The van der Waals surface area contributed by atoms with Crippen molar-refractivity contribution < 1.29 is 19.5 Å². The Morgan fingerprint density at radius 2 is 1.70 bits per heavy atom. The van der Waals surface area contributed by atoms with Crippen LogP contribution in [-0.2, 0) is 4.79 Å². The number of quaternary nitrogens is 1. The van der Waals surface area contributed by atoms with Crippen LogP contribution in [0.2, 0.25) is 0 Å². The minimum atomic E-state index is -1.19. The van der Waals surface area contributed by atoms with E-state index in [1.54, 1.807) is 4.90 Å². The molecule has 1 N–H and O–H groups in total. The molecule has 0 aliphatic heterocycles. The standard InChI is InChI=1S/C19H29NO3/c1-3-5-13-20(14-6-4-2)15-16-23-18-10-7-17(8-11-18)9-12-19(21)22/h7-12H,3-6,13-16H2,1-2H3,(H,21,22)/b12-9+. The predicted molar refractivity (Wildman–Crippen MR) is 91.4 cm³/mol. The van der Waals surface area contributed by atoms with Crippen LogP contribution in [0.5, 0.6) is 5.75 Å². The third-order valence-electron chi connectivity index (χ3n) is 3.78. The molecule has 0 spiro atoms. The molecule has 0 fully saturated rings. The van der Waals surface area contributed by atoms with Crippen LogP contribution in [0.1, 0.15) is 45.1 Å². The van der Waals surface area contributed by atoms with Crippen molar-refractivity contribution in [3.05, 3.63) is 35.9 Å². The lowest BCUT2D eigenvalue weighted by molar-refractivity contribution is -0.900. The van der Waals surface area contributed by atoms with Crippen molar-refractivity contribution in [3.63, 3.8) is 0 Å². The summed E-state index contributed by atoms with van der Waals surface area (Å²) in [6, 6.07) is 7.42. The van der Waals surface area contributed by atoms with Gasteiger partial charge in [-0.1, -0.05) is 44.9 Å². The first-order valence-electron chi connectivity index (χ1n) is 8.61. The number of nitrogens with one attached hydrogen (secondary N) is 1. The van der Waals surface area contributed by atoms with Gasteiger partial charge in [-0.15, -0.1) is 0 Å². The van der Waals surface area contributed by atoms with Gasteiger partial charge in [0.25, 0.3) is 0 Å². The van der Waals surface area contributed by atoms with Gasteiger partial charge in [-0.2, -0.15) is 0 Å². The third kappa shape index (κ3) is 9.04. The number of aliphatic carboxylic acids is 1. The number of rotatable bonds is 12. The van der Waals surface area contributed by atoms with Crippen LogP contribution in [0.25, 0.3) is 6.08 Å². The zero-order valence-corrected chi connectivity index (χ0v) is 14.3. The average Bonchev–Trinajstić information content (AvgIpc) is 2.56. The Bertz CT molecular complexity index is 460. The van der Waals surface area contributed by atoms with E-state index in [1.807, 2.05) is 24.3 Å². The van der Waals surface area contributed by atoms with E-state index in [-0.39, 0.29) is 0 Å². The van der Waals surface area contributed by atoms with Gasteiger partial charge in [0, 0.05) is 0 Å². The summed E-state index contributed by atoms with van der Waals surface area (Å²) in [6.45, 7) is 8.61. The van der Waals surface area contributed by atoms with E-state index in [4.69, 9.17) is 4.74 Å². The molecule has 1 aromatic carbocycles. The highest BCUT2D eigenvalue weighted by molar-refractivity contribution is 5.83. The van der Waals surface area contributed by atoms with E-state index in [0.717, 1.165) is 23.9 Å². The van der Waals surface area contributed by atoms with Gasteiger partial charge in [0.2, 0.25) is 0 Å². The highest BCUT2D eigenvalue weighted by Crippen LogP contribution is 2.12. The van der Waals surface area contributed by atoms with Crippen molar-refractivity contribution in [2.24, 2.45) is 0 Å². The zero-order chi connectivity index (χ0) is 16.9. The Hall–Kier alpha value is -1.81. The highest BCUT2D eigenvalue weighted by Gasteiger charge is 2.07. The molecule has 0 unspecified atom stereocenters. The van der Waals surface area contributed by atoms with Gasteiger partial charge in [0.1, 0.15) is 18.9 Å². The Balaban J connectivity index is 2.39. The molecular formula is C19H29NO3. The van der Waals surface area contributed by atoms with Crippen molar-refractivity contribution in [1.29, 1.82) is 0 Å². The molecule has 0 aliphatic rings. The lowest BCUT2D eigenvalue weighted by Crippen LogP contribution is -3.12. The van der Waals surface area contributed by atoms with Crippen LogP contribution < -0.4 is 14.7 Å². The first kappa shape index (κ1) is 19.2. The summed E-state index contributed by atoms with van der Waals surface area (Å²) in [5.41, 5.74) is 0.819. The van der Waals surface area contributed by atoms with Gasteiger partial charge in [-0.25, -0.2) is 0 Å². The number of carboxylic acid groups (broad SMARTS) is 1. The molecule has 0 atom stereocenters. The second-order valence-electron chi connectivity index (χ2n) is 5.78. The Kier molecular flexibility index (Phi) is 9.80. The fourth-order valence-electron chi connectivity index (χ4n) is 2.38. The Labute approximate surface area is 139 Å². The monoisotopic (exact) mass is 319 g/mol. The molecule has 23 heavy (non-hydrogen) atoms. The molecule has 4 heteroatoms. The molecule has 1 aromatic rings. The average molecular weight is 319 g/mol. The van der Waals surface area contributed by atoms with E-state index < -0.39 is 5.97 Å². The molecule has 0 saturated carbocycles. The summed E-state index contributed by atoms with van der Waals surface area (Å²) in [5.74, 6) is -0.367. The lowest BCUT2D eigenvalue weighted by atomic mass is 10.2. The molecule has 128 valence electrons. The van der Waals surface area contributed by atoms with E-state index in [9.17, 15) is 9.90 Å². The summed E-state index contributed by atoms with van der Waals surface area (Å²) in [7, 11) is 0. The van der Waals surface area contributed by atoms with Crippen molar-refractivity contribution in [1.82, 2.24) is 0 Å². The van der Waals surface area contributed by atoms with E-state index in [1.165, 1.54) is 44.8 Å². The summed E-state index contributed by atoms with van der Waals surface area (Å²) in [5, 5.41) is 10.4. The lowest BCUT2D eigenvalue weighted by Gasteiger charge is -2.19. The molecule has 0 amide bonds. The number of carbonyl (C=O) groups is 1. The number of carbonyl (C=O) groups excluding carboxylic acids is 1. The quantitative estimate of drug-likeness (QED) is 0.591. The number of ether oxygens (including phenoxy) is 1. The fraction of sp³-hybridized carbons (Fsp3) is 0.526. The highest BCUT2D eigenvalue weighted by atomic mass is 16.5. The topological polar surface area (TPSA) is 53.8 Å². The molecule has 0 heterocycles. The summed E-state index contributed by atoms with van der Waals surface area (Å²) >= 11 is 0. The van der Waals surface area contributed by atoms with Gasteiger partial charge in [-0.3, -0.25) is 0 Å². The van der Waals surface area contributed by atoms with Crippen LogP contribution in [0.3, 0.4) is 0 Å². The SMILES string of the molecule is CCCC[NH+](CCCC)CCOc1ccc(/C=C/C(=O)[O-])cc1. The van der Waals surface area contributed by atoms with Gasteiger partial charge in [-0.05, 0) is 36.6 Å². The maximum absolute atomic E-state index is 10.4. The third-order valence-corrected chi connectivity index (χ3v) is 3.78. The maximum Gasteiger partial charge on any atom is 0.137 e. The van der Waals surface area contributed by atoms with Crippen LogP contribution in [0.15, 0.2) is 30.3 Å². The normalized spacial score (nSPS) is 11.3. The molecule has 4 nitrogen and oxygen atoms in total. The summed E-state index contributed by atoms with van der Waals surface area (Å²) in [6.07, 6.45) is 7.53. The molecule has 0 saturated heterocycles. The van der Waals surface area contributed by atoms with E-state index >= 15 is 0 Å². The Morgan fingerprint density at radius 1 is 1.09 bits per heavy atom. The van der Waals surface area contributed by atoms with Crippen LogP contribution in [0.4, 0.5) is 0 Å². The van der Waals surface area contributed by atoms with Crippen molar-refractivity contribution in [2.75, 3.05) is 26.2 Å². The van der Waals surface area contributed by atoms with Crippen molar-refractivity contribution in [3.8, 4) is 5.75 Å². The van der Waals surface area contributed by atoms with Crippen LogP contribution >= 0.6 is 0 Å². The van der Waals surface area contributed by atoms with Crippen molar-refractivity contribution in [2.45, 2.75) is 39.5 Å². The van der Waals surface area contributed by atoms with Gasteiger partial charge < -0.3 is 19.5 Å². The Morgan fingerprint density at radius 3 is 2.22 bits per heavy atom. The van der Waals surface area contributed by atoms with Crippen LogP contribution in [0, 0.1) is 0 Å². The fourth-order valence-corrected chi connectivity index (χ4v) is 2.38. The van der Waals surface area contributed by atoms with Gasteiger partial charge in [0.15, 0.2) is 0 Å². The number of benzene rings is 1. The molecule has 0 aromatic heterocycles. The first-order chi connectivity index (χ1) is 11.2. The van der Waals surface area contributed by atoms with Crippen LogP contribution in [-0.4, -0.2) is 32.2 Å². The molecular weight excluding hydrogens is 290 g/mol.